The average molecular weight is 586 g/mol. The van der Waals surface area contributed by atoms with E-state index in [2.05, 4.69) is 15.9 Å². The summed E-state index contributed by atoms with van der Waals surface area (Å²) in [5.41, 5.74) is 1.29. The number of aryl methyl sites for hydroxylation is 1. The van der Waals surface area contributed by atoms with Gasteiger partial charge < -0.3 is 19.6 Å². The number of carbonyl (C=O) groups excluding carboxylic acids is 4. The van der Waals surface area contributed by atoms with Gasteiger partial charge in [-0.3, -0.25) is 24.1 Å². The number of nitrogens with zero attached hydrogens (tertiary/aromatic N) is 3. The molecule has 2 aromatic rings. The molecule has 2 aromatic carbocycles. The molecule has 0 aromatic heterocycles. The summed E-state index contributed by atoms with van der Waals surface area (Å²) in [6, 6.07) is 10.4. The smallest absolute Gasteiger partial charge is 0.326 e. The standard InChI is InChI=1S/C27H28BrN3O7/c1-17-16-18(28)6-8-22(17)38-15-10-24(33)30-13-11-29(12-14-30)23(32)9-7-21(27(36)37)31-25(34)19-4-2-3-5-20(19)26(31)35/h2-6,8,16,21H,7,9-15H2,1H3,(H,36,37)/t21-/m0/s1. The van der Waals surface area contributed by atoms with Gasteiger partial charge in [-0.1, -0.05) is 28.1 Å². The number of carbonyl (C=O) groups is 5. The van der Waals surface area contributed by atoms with Gasteiger partial charge in [-0.2, -0.15) is 0 Å². The minimum absolute atomic E-state index is 0.0663. The zero-order valence-corrected chi connectivity index (χ0v) is 22.5. The number of ether oxygens (including phenoxy) is 1. The van der Waals surface area contributed by atoms with E-state index in [0.29, 0.717) is 26.2 Å². The highest BCUT2D eigenvalue weighted by atomic mass is 79.9. The Kier molecular flexibility index (Phi) is 8.45. The number of carboxylic acid groups (broad SMARTS) is 1. The molecule has 2 aliphatic heterocycles. The Bertz CT molecular complexity index is 1240. The first kappa shape index (κ1) is 27.3. The van der Waals surface area contributed by atoms with Crippen molar-refractivity contribution in [3.8, 4) is 5.75 Å². The van der Waals surface area contributed by atoms with E-state index in [1.54, 1.807) is 21.9 Å². The monoisotopic (exact) mass is 585 g/mol. The van der Waals surface area contributed by atoms with Crippen LogP contribution in [0.25, 0.3) is 0 Å². The maximum atomic E-state index is 12.8. The van der Waals surface area contributed by atoms with Gasteiger partial charge in [0.15, 0.2) is 0 Å². The van der Waals surface area contributed by atoms with Crippen LogP contribution < -0.4 is 4.74 Å². The Labute approximate surface area is 228 Å². The highest BCUT2D eigenvalue weighted by molar-refractivity contribution is 9.10. The van der Waals surface area contributed by atoms with Crippen LogP contribution in [0.3, 0.4) is 0 Å². The number of imide groups is 1. The number of halogens is 1. The Morgan fingerprint density at radius 1 is 0.921 bits per heavy atom. The van der Waals surface area contributed by atoms with Gasteiger partial charge in [0.05, 0.1) is 24.2 Å². The van der Waals surface area contributed by atoms with E-state index in [0.717, 1.165) is 20.7 Å². The average Bonchev–Trinajstić information content (AvgIpc) is 3.15. The van der Waals surface area contributed by atoms with E-state index >= 15 is 0 Å². The minimum Gasteiger partial charge on any atom is -0.493 e. The molecule has 0 spiro atoms. The number of rotatable bonds is 9. The van der Waals surface area contributed by atoms with E-state index in [1.165, 1.54) is 12.1 Å². The summed E-state index contributed by atoms with van der Waals surface area (Å²) >= 11 is 3.40. The van der Waals surface area contributed by atoms with Gasteiger partial charge in [0.1, 0.15) is 11.8 Å². The summed E-state index contributed by atoms with van der Waals surface area (Å²) in [5, 5.41) is 9.71. The Morgan fingerprint density at radius 2 is 1.47 bits per heavy atom. The summed E-state index contributed by atoms with van der Waals surface area (Å²) in [7, 11) is 0. The lowest BCUT2D eigenvalue weighted by Gasteiger charge is -2.35. The first-order valence-corrected chi connectivity index (χ1v) is 13.1. The van der Waals surface area contributed by atoms with Crippen LogP contribution in [-0.2, 0) is 14.4 Å². The Balaban J connectivity index is 1.24. The van der Waals surface area contributed by atoms with Crippen molar-refractivity contribution in [2.45, 2.75) is 32.2 Å². The summed E-state index contributed by atoms with van der Waals surface area (Å²) in [5.74, 6) is -2.31. The lowest BCUT2D eigenvalue weighted by Crippen LogP contribution is -2.51. The van der Waals surface area contributed by atoms with E-state index in [9.17, 15) is 29.1 Å². The van der Waals surface area contributed by atoms with Crippen molar-refractivity contribution in [1.29, 1.82) is 0 Å². The van der Waals surface area contributed by atoms with Gasteiger partial charge in [0.25, 0.3) is 11.8 Å². The van der Waals surface area contributed by atoms with Crippen LogP contribution in [0.1, 0.15) is 45.5 Å². The number of hydrogen-bond donors (Lipinski definition) is 1. The maximum absolute atomic E-state index is 12.8. The number of fused-ring (bicyclic) bond motifs is 1. The molecule has 1 fully saturated rings. The van der Waals surface area contributed by atoms with Crippen LogP contribution in [0.4, 0.5) is 0 Å². The van der Waals surface area contributed by atoms with Crippen molar-refractivity contribution >= 4 is 45.5 Å². The number of piperazine rings is 1. The highest BCUT2D eigenvalue weighted by Gasteiger charge is 2.43. The predicted octanol–water partition coefficient (Wildman–Crippen LogP) is 2.73. The molecule has 2 aliphatic rings. The van der Waals surface area contributed by atoms with E-state index in [4.69, 9.17) is 4.74 Å². The van der Waals surface area contributed by atoms with E-state index < -0.39 is 23.8 Å². The summed E-state index contributed by atoms with van der Waals surface area (Å²) in [6.45, 7) is 3.54. The van der Waals surface area contributed by atoms with Crippen LogP contribution >= 0.6 is 15.9 Å². The fraction of sp³-hybridized carbons (Fsp3) is 0.370. The first-order chi connectivity index (χ1) is 18.2. The third-order valence-electron chi connectivity index (χ3n) is 6.75. The quantitative estimate of drug-likeness (QED) is 0.448. The van der Waals surface area contributed by atoms with Gasteiger partial charge in [0.2, 0.25) is 11.8 Å². The van der Waals surface area contributed by atoms with Crippen molar-refractivity contribution in [2.24, 2.45) is 0 Å². The molecule has 0 saturated carbocycles. The van der Waals surface area contributed by atoms with Gasteiger partial charge in [-0.15, -0.1) is 0 Å². The SMILES string of the molecule is Cc1cc(Br)ccc1OCCC(=O)N1CCN(C(=O)CC[C@@H](C(=O)O)N2C(=O)c3ccccc3C2=O)CC1. The van der Waals surface area contributed by atoms with E-state index in [-0.39, 0.29) is 48.8 Å². The second-order valence-electron chi connectivity index (χ2n) is 9.19. The third kappa shape index (κ3) is 5.88. The van der Waals surface area contributed by atoms with Crippen molar-refractivity contribution < 1.29 is 33.8 Å². The Morgan fingerprint density at radius 3 is 2.00 bits per heavy atom. The largest absolute Gasteiger partial charge is 0.493 e. The van der Waals surface area contributed by atoms with Gasteiger partial charge in [0, 0.05) is 37.1 Å². The minimum atomic E-state index is -1.44. The molecule has 0 bridgehead atoms. The van der Waals surface area contributed by atoms with Gasteiger partial charge in [-0.05, 0) is 49.2 Å². The summed E-state index contributed by atoms with van der Waals surface area (Å²) < 4.78 is 6.68. The lowest BCUT2D eigenvalue weighted by atomic mass is 10.1. The molecule has 0 unspecified atom stereocenters. The van der Waals surface area contributed by atoms with Crippen LogP contribution in [0, 0.1) is 6.92 Å². The van der Waals surface area contributed by atoms with Crippen LogP contribution in [-0.4, -0.2) is 88.2 Å². The predicted molar refractivity (Wildman–Crippen MR) is 140 cm³/mol. The van der Waals surface area contributed by atoms with Crippen LogP contribution in [0.5, 0.6) is 5.75 Å². The third-order valence-corrected chi connectivity index (χ3v) is 7.24. The zero-order valence-electron chi connectivity index (χ0n) is 20.9. The number of hydrogen-bond acceptors (Lipinski definition) is 6. The number of carboxylic acids is 1. The molecule has 0 radical (unpaired) electrons. The molecule has 2 heterocycles. The van der Waals surface area contributed by atoms with Crippen molar-refractivity contribution in [2.75, 3.05) is 32.8 Å². The normalized spacial score (nSPS) is 15.9. The molecule has 11 heteroatoms. The van der Waals surface area contributed by atoms with Crippen molar-refractivity contribution in [3.05, 3.63) is 63.6 Å². The topological polar surface area (TPSA) is 125 Å². The van der Waals surface area contributed by atoms with Crippen LogP contribution in [0.15, 0.2) is 46.9 Å². The van der Waals surface area contributed by atoms with E-state index in [1.807, 2.05) is 25.1 Å². The molecule has 0 aliphatic carbocycles. The second-order valence-corrected chi connectivity index (χ2v) is 10.1. The fourth-order valence-corrected chi connectivity index (χ4v) is 5.13. The molecule has 1 saturated heterocycles. The molecular weight excluding hydrogens is 558 g/mol. The number of amides is 4. The Hall–Kier alpha value is -3.73. The number of benzene rings is 2. The zero-order chi connectivity index (χ0) is 27.4. The molecule has 1 N–H and O–H groups in total. The molecular formula is C27H28BrN3O7. The maximum Gasteiger partial charge on any atom is 0.326 e. The fourth-order valence-electron chi connectivity index (χ4n) is 4.66. The molecule has 1 atom stereocenters. The molecule has 10 nitrogen and oxygen atoms in total. The van der Waals surface area contributed by atoms with Crippen molar-refractivity contribution in [1.82, 2.24) is 14.7 Å². The molecule has 4 rings (SSSR count). The van der Waals surface area contributed by atoms with Gasteiger partial charge >= 0.3 is 5.97 Å². The molecule has 200 valence electrons. The first-order valence-electron chi connectivity index (χ1n) is 12.3. The highest BCUT2D eigenvalue weighted by Crippen LogP contribution is 2.26. The molecule has 38 heavy (non-hydrogen) atoms. The summed E-state index contributed by atoms with van der Waals surface area (Å²) in [6.07, 6.45) is -0.117. The van der Waals surface area contributed by atoms with Gasteiger partial charge in [-0.25, -0.2) is 4.79 Å². The number of aliphatic carboxylic acids is 1. The van der Waals surface area contributed by atoms with Crippen molar-refractivity contribution in [3.63, 3.8) is 0 Å². The second kappa shape index (κ2) is 11.8. The summed E-state index contributed by atoms with van der Waals surface area (Å²) in [4.78, 5) is 66.7. The van der Waals surface area contributed by atoms with Crippen LogP contribution in [0.2, 0.25) is 0 Å². The lowest BCUT2D eigenvalue weighted by molar-refractivity contribution is -0.143. The molecule has 4 amide bonds.